The Labute approximate surface area is 128 Å². The number of benzene rings is 1. The van der Waals surface area contributed by atoms with Crippen LogP contribution in [0.2, 0.25) is 5.02 Å². The van der Waals surface area contributed by atoms with E-state index in [1.807, 2.05) is 0 Å². The molecule has 0 radical (unpaired) electrons. The van der Waals surface area contributed by atoms with Crippen LogP contribution in [-0.2, 0) is 11.0 Å². The largest absolute Gasteiger partial charge is 0.418 e. The fraction of sp³-hybridized carbons (Fsp3) is 0.417. The van der Waals surface area contributed by atoms with E-state index in [2.05, 4.69) is 5.32 Å². The summed E-state index contributed by atoms with van der Waals surface area (Å²) in [5.74, 6) is -0.287. The summed E-state index contributed by atoms with van der Waals surface area (Å²) in [5, 5.41) is 12.9. The number of carbonyl (C=O) groups excluding carboxylic acids is 1. The highest BCUT2D eigenvalue weighted by molar-refractivity contribution is 6.31. The van der Waals surface area contributed by atoms with Crippen LogP contribution in [0.4, 0.5) is 24.5 Å². The lowest BCUT2D eigenvalue weighted by atomic mass is 10.1. The molecule has 1 saturated heterocycles. The van der Waals surface area contributed by atoms with Gasteiger partial charge in [0.25, 0.3) is 5.69 Å². The van der Waals surface area contributed by atoms with Gasteiger partial charge in [-0.15, -0.1) is 0 Å². The topological polar surface area (TPSA) is 75.5 Å². The second-order valence-electron chi connectivity index (χ2n) is 4.85. The van der Waals surface area contributed by atoms with Crippen molar-refractivity contribution in [3.8, 4) is 0 Å². The van der Waals surface area contributed by atoms with Gasteiger partial charge in [-0.1, -0.05) is 11.6 Å². The van der Waals surface area contributed by atoms with Crippen molar-refractivity contribution < 1.29 is 22.9 Å². The normalized spacial score (nSPS) is 18.7. The van der Waals surface area contributed by atoms with Crippen LogP contribution in [-0.4, -0.2) is 35.4 Å². The lowest BCUT2D eigenvalue weighted by molar-refractivity contribution is -0.384. The van der Waals surface area contributed by atoms with Crippen LogP contribution >= 0.6 is 11.6 Å². The van der Waals surface area contributed by atoms with Crippen molar-refractivity contribution in [3.63, 3.8) is 0 Å². The fourth-order valence-corrected chi connectivity index (χ4v) is 2.46. The van der Waals surface area contributed by atoms with Gasteiger partial charge in [-0.25, -0.2) is 0 Å². The van der Waals surface area contributed by atoms with Crippen molar-refractivity contribution in [3.05, 3.63) is 32.8 Å². The number of alkyl halides is 3. The van der Waals surface area contributed by atoms with Gasteiger partial charge in [0.15, 0.2) is 0 Å². The highest BCUT2D eigenvalue weighted by Gasteiger charge is 2.37. The van der Waals surface area contributed by atoms with Gasteiger partial charge in [0, 0.05) is 19.7 Å². The Morgan fingerprint density at radius 1 is 1.45 bits per heavy atom. The molecule has 120 valence electrons. The van der Waals surface area contributed by atoms with Crippen molar-refractivity contribution in [1.29, 1.82) is 0 Å². The van der Waals surface area contributed by atoms with E-state index in [1.54, 1.807) is 7.05 Å². The van der Waals surface area contributed by atoms with Crippen LogP contribution in [0.3, 0.4) is 0 Å². The SMILES string of the molecule is CN1CCC(Nc2cc(Cl)c(C(F)(F)F)cc2[N+](=O)[O-])C1=O. The third kappa shape index (κ3) is 3.08. The molecule has 1 atom stereocenters. The number of nitro benzene ring substituents is 1. The maximum Gasteiger partial charge on any atom is 0.418 e. The second-order valence-corrected chi connectivity index (χ2v) is 5.26. The molecule has 1 aromatic carbocycles. The highest BCUT2D eigenvalue weighted by atomic mass is 35.5. The Kier molecular flexibility index (Phi) is 4.19. The number of amides is 1. The molecule has 1 heterocycles. The average molecular weight is 338 g/mol. The lowest BCUT2D eigenvalue weighted by Gasteiger charge is -2.16. The molecule has 0 aliphatic carbocycles. The first-order chi connectivity index (χ1) is 10.1. The molecule has 1 unspecified atom stereocenters. The fourth-order valence-electron chi connectivity index (χ4n) is 2.19. The molecule has 2 rings (SSSR count). The number of hydrogen-bond acceptors (Lipinski definition) is 4. The minimum Gasteiger partial charge on any atom is -0.368 e. The zero-order chi connectivity index (χ0) is 16.7. The van der Waals surface area contributed by atoms with Gasteiger partial charge in [-0.3, -0.25) is 14.9 Å². The van der Waals surface area contributed by atoms with Crippen LogP contribution in [0.25, 0.3) is 0 Å². The van der Waals surface area contributed by atoms with Gasteiger partial charge in [0.2, 0.25) is 5.91 Å². The third-order valence-electron chi connectivity index (χ3n) is 3.34. The van der Waals surface area contributed by atoms with E-state index >= 15 is 0 Å². The Morgan fingerprint density at radius 3 is 2.55 bits per heavy atom. The van der Waals surface area contributed by atoms with Crippen LogP contribution in [0.15, 0.2) is 12.1 Å². The van der Waals surface area contributed by atoms with Crippen molar-refractivity contribution >= 4 is 28.9 Å². The van der Waals surface area contributed by atoms with Crippen molar-refractivity contribution in [2.75, 3.05) is 18.9 Å². The van der Waals surface area contributed by atoms with Crippen LogP contribution < -0.4 is 5.32 Å². The Morgan fingerprint density at radius 2 is 2.09 bits per heavy atom. The number of likely N-dealkylation sites (tertiary alicyclic amines) is 1. The second kappa shape index (κ2) is 5.64. The van der Waals surface area contributed by atoms with E-state index in [-0.39, 0.29) is 11.6 Å². The Bertz CT molecular complexity index is 636. The molecule has 0 bridgehead atoms. The van der Waals surface area contributed by atoms with E-state index < -0.39 is 33.4 Å². The molecule has 1 aromatic rings. The minimum absolute atomic E-state index is 0.211. The van der Waals surface area contributed by atoms with E-state index in [0.29, 0.717) is 19.0 Å². The average Bonchev–Trinajstić information content (AvgIpc) is 2.69. The summed E-state index contributed by atoms with van der Waals surface area (Å²) in [7, 11) is 1.57. The summed E-state index contributed by atoms with van der Waals surface area (Å²) in [6, 6.07) is 0.471. The van der Waals surface area contributed by atoms with Crippen molar-refractivity contribution in [2.24, 2.45) is 0 Å². The molecule has 10 heteroatoms. The number of nitrogens with one attached hydrogen (secondary N) is 1. The van der Waals surface area contributed by atoms with Gasteiger partial charge >= 0.3 is 6.18 Å². The summed E-state index contributed by atoms with van der Waals surface area (Å²) < 4.78 is 38.3. The minimum atomic E-state index is -4.80. The first-order valence-corrected chi connectivity index (χ1v) is 6.55. The predicted molar refractivity (Wildman–Crippen MR) is 72.8 cm³/mol. The number of anilines is 1. The van der Waals surface area contributed by atoms with Crippen LogP contribution in [0.5, 0.6) is 0 Å². The first-order valence-electron chi connectivity index (χ1n) is 6.18. The first kappa shape index (κ1) is 16.3. The number of likely N-dealkylation sites (N-methyl/N-ethyl adjacent to an activating group) is 1. The maximum atomic E-state index is 12.8. The molecular weight excluding hydrogens is 327 g/mol. The predicted octanol–water partition coefficient (Wildman–Crippen LogP) is 2.91. The number of halogens is 4. The summed E-state index contributed by atoms with van der Waals surface area (Å²) in [5.41, 5.74) is -2.28. The molecule has 1 fully saturated rings. The molecule has 6 nitrogen and oxygen atoms in total. The van der Waals surface area contributed by atoms with E-state index in [9.17, 15) is 28.1 Å². The van der Waals surface area contributed by atoms with Gasteiger partial charge in [0.05, 0.1) is 15.5 Å². The van der Waals surface area contributed by atoms with E-state index in [0.717, 1.165) is 6.07 Å². The Balaban J connectivity index is 2.41. The smallest absolute Gasteiger partial charge is 0.368 e. The molecule has 0 aromatic heterocycles. The summed E-state index contributed by atoms with van der Waals surface area (Å²) >= 11 is 5.56. The quantitative estimate of drug-likeness (QED) is 0.679. The molecule has 1 aliphatic rings. The molecule has 0 saturated carbocycles. The van der Waals surface area contributed by atoms with Crippen molar-refractivity contribution in [1.82, 2.24) is 4.90 Å². The monoisotopic (exact) mass is 337 g/mol. The lowest BCUT2D eigenvalue weighted by Crippen LogP contribution is -2.31. The zero-order valence-electron chi connectivity index (χ0n) is 11.3. The Hall–Kier alpha value is -2.03. The standard InChI is InChI=1S/C12H11ClF3N3O3/c1-18-3-2-8(11(18)20)17-9-5-7(13)6(12(14,15)16)4-10(9)19(21)22/h4-5,8,17H,2-3H2,1H3. The van der Waals surface area contributed by atoms with Gasteiger partial charge in [0.1, 0.15) is 11.7 Å². The van der Waals surface area contributed by atoms with Gasteiger partial charge in [-0.05, 0) is 12.5 Å². The van der Waals surface area contributed by atoms with Crippen LogP contribution in [0.1, 0.15) is 12.0 Å². The third-order valence-corrected chi connectivity index (χ3v) is 3.66. The zero-order valence-corrected chi connectivity index (χ0v) is 12.0. The highest BCUT2D eigenvalue weighted by Crippen LogP contribution is 2.40. The summed E-state index contributed by atoms with van der Waals surface area (Å²) in [6.45, 7) is 0.457. The number of hydrogen-bond donors (Lipinski definition) is 1. The molecule has 1 amide bonds. The molecule has 1 aliphatic heterocycles. The molecule has 1 N–H and O–H groups in total. The molecule has 22 heavy (non-hydrogen) atoms. The summed E-state index contributed by atoms with van der Waals surface area (Å²) in [4.78, 5) is 23.3. The van der Waals surface area contributed by atoms with E-state index in [4.69, 9.17) is 11.6 Å². The number of nitro groups is 1. The van der Waals surface area contributed by atoms with Crippen LogP contribution in [0, 0.1) is 10.1 Å². The molecule has 0 spiro atoms. The number of nitrogens with zero attached hydrogens (tertiary/aromatic N) is 2. The van der Waals surface area contributed by atoms with Gasteiger partial charge in [-0.2, -0.15) is 13.2 Å². The number of carbonyl (C=O) groups is 1. The van der Waals surface area contributed by atoms with E-state index in [1.165, 1.54) is 4.90 Å². The molecular formula is C12H11ClF3N3O3. The van der Waals surface area contributed by atoms with Crippen molar-refractivity contribution in [2.45, 2.75) is 18.6 Å². The summed E-state index contributed by atoms with van der Waals surface area (Å²) in [6.07, 6.45) is -4.41. The number of rotatable bonds is 3. The maximum absolute atomic E-state index is 12.8. The van der Waals surface area contributed by atoms with Gasteiger partial charge < -0.3 is 10.2 Å².